The van der Waals surface area contributed by atoms with Crippen molar-refractivity contribution >= 4 is 17.0 Å². The smallest absolute Gasteiger partial charge is 0.258 e. The van der Waals surface area contributed by atoms with Gasteiger partial charge in [0.15, 0.2) is 0 Å². The molecule has 0 spiro atoms. The monoisotopic (exact) mass is 277 g/mol. The minimum absolute atomic E-state index is 0.280. The lowest BCUT2D eigenvalue weighted by Crippen LogP contribution is -2.51. The lowest BCUT2D eigenvalue weighted by molar-refractivity contribution is 0.0710. The van der Waals surface area contributed by atoms with E-state index in [4.69, 9.17) is 4.52 Å². The zero-order chi connectivity index (χ0) is 15.1. The molecule has 2 heterocycles. The summed E-state index contributed by atoms with van der Waals surface area (Å²) < 4.78 is 5.11. The highest BCUT2D eigenvalue weighted by Gasteiger charge is 2.28. The Morgan fingerprint density at radius 2 is 2.10 bits per heavy atom. The van der Waals surface area contributed by atoms with Crippen molar-refractivity contribution in [1.82, 2.24) is 15.5 Å². The maximum atomic E-state index is 12.5. The third kappa shape index (κ3) is 2.51. The van der Waals surface area contributed by atoms with Crippen LogP contribution in [-0.2, 0) is 0 Å². The molecule has 6 nitrogen and oxygen atoms in total. The SMILES string of the molecule is Cc1cc(C(=O)NC(C)(C)C(C)O)c2c(C)noc2n1. The van der Waals surface area contributed by atoms with Crippen molar-refractivity contribution in [2.24, 2.45) is 0 Å². The van der Waals surface area contributed by atoms with Crippen LogP contribution >= 0.6 is 0 Å². The molecule has 1 atom stereocenters. The molecule has 2 aromatic heterocycles. The number of carbonyl (C=O) groups excluding carboxylic acids is 1. The summed E-state index contributed by atoms with van der Waals surface area (Å²) in [4.78, 5) is 16.7. The predicted molar refractivity (Wildman–Crippen MR) is 74.5 cm³/mol. The molecule has 0 radical (unpaired) electrons. The van der Waals surface area contributed by atoms with Crippen LogP contribution in [0.1, 0.15) is 42.5 Å². The van der Waals surface area contributed by atoms with Gasteiger partial charge in [-0.15, -0.1) is 0 Å². The first-order valence-corrected chi connectivity index (χ1v) is 6.46. The molecule has 1 unspecified atom stereocenters. The van der Waals surface area contributed by atoms with E-state index < -0.39 is 11.6 Å². The van der Waals surface area contributed by atoms with Gasteiger partial charge in [-0.25, -0.2) is 4.98 Å². The molecule has 108 valence electrons. The van der Waals surface area contributed by atoms with Crippen LogP contribution in [0.25, 0.3) is 11.1 Å². The Balaban J connectivity index is 2.47. The predicted octanol–water partition coefficient (Wildman–Crippen LogP) is 1.73. The molecular weight excluding hydrogens is 258 g/mol. The van der Waals surface area contributed by atoms with E-state index in [9.17, 15) is 9.90 Å². The van der Waals surface area contributed by atoms with Crippen molar-refractivity contribution in [1.29, 1.82) is 0 Å². The maximum Gasteiger partial charge on any atom is 0.258 e. The van der Waals surface area contributed by atoms with Gasteiger partial charge in [0.2, 0.25) is 0 Å². The Morgan fingerprint density at radius 1 is 1.45 bits per heavy atom. The first-order valence-electron chi connectivity index (χ1n) is 6.46. The highest BCUT2D eigenvalue weighted by molar-refractivity contribution is 6.06. The summed E-state index contributed by atoms with van der Waals surface area (Å²) in [5.41, 5.74) is 1.37. The lowest BCUT2D eigenvalue weighted by Gasteiger charge is -2.29. The largest absolute Gasteiger partial charge is 0.391 e. The standard InChI is InChI=1S/C14H19N3O3/c1-7-6-10(11-8(2)17-20-13(11)15-7)12(19)16-14(4,5)9(3)18/h6,9,18H,1-5H3,(H,16,19). The fourth-order valence-corrected chi connectivity index (χ4v) is 1.86. The normalized spacial score (nSPS) is 13.5. The van der Waals surface area contributed by atoms with Crippen molar-refractivity contribution in [2.75, 3.05) is 0 Å². The van der Waals surface area contributed by atoms with Crippen molar-refractivity contribution in [3.8, 4) is 0 Å². The number of nitrogens with zero attached hydrogens (tertiary/aromatic N) is 2. The van der Waals surface area contributed by atoms with E-state index in [0.717, 1.165) is 0 Å². The first-order chi connectivity index (χ1) is 9.22. The van der Waals surface area contributed by atoms with Gasteiger partial charge >= 0.3 is 0 Å². The number of hydrogen-bond donors (Lipinski definition) is 2. The molecule has 0 bridgehead atoms. The molecule has 0 aliphatic heterocycles. The van der Waals surface area contributed by atoms with Gasteiger partial charge < -0.3 is 14.9 Å². The number of aromatic nitrogens is 2. The second-order valence-electron chi connectivity index (χ2n) is 5.61. The van der Waals surface area contributed by atoms with Crippen LogP contribution in [0.4, 0.5) is 0 Å². The van der Waals surface area contributed by atoms with Gasteiger partial charge in [-0.3, -0.25) is 4.79 Å². The van der Waals surface area contributed by atoms with E-state index in [1.807, 2.05) is 0 Å². The van der Waals surface area contributed by atoms with Gasteiger partial charge in [0, 0.05) is 5.69 Å². The number of hydrogen-bond acceptors (Lipinski definition) is 5. The molecule has 2 N–H and O–H groups in total. The molecule has 0 aromatic carbocycles. The molecule has 2 aromatic rings. The Hall–Kier alpha value is -1.95. The van der Waals surface area contributed by atoms with E-state index in [0.29, 0.717) is 28.1 Å². The number of nitrogens with one attached hydrogen (secondary N) is 1. The summed E-state index contributed by atoms with van der Waals surface area (Å²) in [6.45, 7) is 8.72. The summed E-state index contributed by atoms with van der Waals surface area (Å²) in [6.07, 6.45) is -0.673. The number of carbonyl (C=O) groups is 1. The van der Waals surface area contributed by atoms with Gasteiger partial charge in [-0.1, -0.05) is 5.16 Å². The van der Waals surface area contributed by atoms with Crippen molar-refractivity contribution in [3.63, 3.8) is 0 Å². The number of rotatable bonds is 3. The second kappa shape index (κ2) is 4.86. The average molecular weight is 277 g/mol. The van der Waals surface area contributed by atoms with Gasteiger partial charge in [0.1, 0.15) is 0 Å². The third-order valence-corrected chi connectivity index (χ3v) is 3.47. The Morgan fingerprint density at radius 3 is 2.70 bits per heavy atom. The molecular formula is C14H19N3O3. The Kier molecular flexibility index (Phi) is 3.52. The van der Waals surface area contributed by atoms with E-state index in [1.54, 1.807) is 40.7 Å². The topological polar surface area (TPSA) is 88.2 Å². The fourth-order valence-electron chi connectivity index (χ4n) is 1.86. The lowest BCUT2D eigenvalue weighted by atomic mass is 9.97. The summed E-state index contributed by atoms with van der Waals surface area (Å²) in [5, 5.41) is 17.0. The molecule has 2 rings (SSSR count). The van der Waals surface area contributed by atoms with E-state index in [2.05, 4.69) is 15.5 Å². The van der Waals surface area contributed by atoms with Crippen LogP contribution < -0.4 is 5.32 Å². The molecule has 0 fully saturated rings. The van der Waals surface area contributed by atoms with Crippen molar-refractivity contribution in [2.45, 2.75) is 46.3 Å². The number of amides is 1. The average Bonchev–Trinajstić information content (AvgIpc) is 2.69. The van der Waals surface area contributed by atoms with Gasteiger partial charge in [-0.2, -0.15) is 0 Å². The van der Waals surface area contributed by atoms with Gasteiger partial charge in [0.05, 0.1) is 28.3 Å². The Bertz CT molecular complexity index is 659. The van der Waals surface area contributed by atoms with Crippen LogP contribution in [0.15, 0.2) is 10.6 Å². The molecule has 0 saturated heterocycles. The zero-order valence-corrected chi connectivity index (χ0v) is 12.3. The highest BCUT2D eigenvalue weighted by atomic mass is 16.5. The Labute approximate surface area is 117 Å². The summed E-state index contributed by atoms with van der Waals surface area (Å²) in [6, 6.07) is 1.69. The molecule has 20 heavy (non-hydrogen) atoms. The number of fused-ring (bicyclic) bond motifs is 1. The molecule has 1 amide bonds. The van der Waals surface area contributed by atoms with E-state index in [-0.39, 0.29) is 5.91 Å². The van der Waals surface area contributed by atoms with Crippen LogP contribution in [0.5, 0.6) is 0 Å². The van der Waals surface area contributed by atoms with Crippen molar-refractivity contribution in [3.05, 3.63) is 23.0 Å². The summed E-state index contributed by atoms with van der Waals surface area (Å²) >= 11 is 0. The molecule has 0 aliphatic rings. The van der Waals surface area contributed by atoms with Gasteiger partial charge in [0.25, 0.3) is 11.6 Å². The minimum Gasteiger partial charge on any atom is -0.391 e. The number of pyridine rings is 1. The minimum atomic E-state index is -0.731. The van der Waals surface area contributed by atoms with Crippen LogP contribution in [0.3, 0.4) is 0 Å². The summed E-state index contributed by atoms with van der Waals surface area (Å²) in [5.74, 6) is -0.280. The summed E-state index contributed by atoms with van der Waals surface area (Å²) in [7, 11) is 0. The fraction of sp³-hybridized carbons (Fsp3) is 0.500. The maximum absolute atomic E-state index is 12.5. The quantitative estimate of drug-likeness (QED) is 0.892. The molecule has 6 heteroatoms. The second-order valence-corrected chi connectivity index (χ2v) is 5.61. The van der Waals surface area contributed by atoms with Crippen LogP contribution in [-0.4, -0.2) is 32.8 Å². The van der Waals surface area contributed by atoms with Gasteiger partial charge in [-0.05, 0) is 40.7 Å². The zero-order valence-electron chi connectivity index (χ0n) is 12.3. The molecule has 0 aliphatic carbocycles. The van der Waals surface area contributed by atoms with Crippen LogP contribution in [0.2, 0.25) is 0 Å². The van der Waals surface area contributed by atoms with Crippen LogP contribution in [0, 0.1) is 13.8 Å². The number of aliphatic hydroxyl groups is 1. The number of aliphatic hydroxyl groups excluding tert-OH is 1. The molecule has 0 saturated carbocycles. The van der Waals surface area contributed by atoms with E-state index >= 15 is 0 Å². The number of aryl methyl sites for hydroxylation is 2. The van der Waals surface area contributed by atoms with E-state index in [1.165, 1.54) is 0 Å². The van der Waals surface area contributed by atoms with Crippen molar-refractivity contribution < 1.29 is 14.4 Å². The first kappa shape index (κ1) is 14.5. The highest BCUT2D eigenvalue weighted by Crippen LogP contribution is 2.22. The third-order valence-electron chi connectivity index (χ3n) is 3.47.